The van der Waals surface area contributed by atoms with Gasteiger partial charge in [-0.05, 0) is 38.1 Å². The molecule has 0 fully saturated rings. The highest BCUT2D eigenvalue weighted by Crippen LogP contribution is 2.13. The third kappa shape index (κ3) is 3.74. The number of Topliss-reactive ketones (excluding diaryl/α,β-unsaturated/α-hetero) is 1. The quantitative estimate of drug-likeness (QED) is 0.627. The topological polar surface area (TPSA) is 61.2 Å². The summed E-state index contributed by atoms with van der Waals surface area (Å²) in [5.74, 6) is -0.703. The molecule has 0 unspecified atom stereocenters. The predicted octanol–water partition coefficient (Wildman–Crippen LogP) is 2.66. The fourth-order valence-corrected chi connectivity index (χ4v) is 2.26. The summed E-state index contributed by atoms with van der Waals surface area (Å²) < 4.78 is 6.77. The monoisotopic (exact) mass is 320 g/mol. The number of benzene rings is 1. The highest BCUT2D eigenvalue weighted by molar-refractivity contribution is 6.30. The van der Waals surface area contributed by atoms with E-state index in [0.29, 0.717) is 10.6 Å². The van der Waals surface area contributed by atoms with Gasteiger partial charge >= 0.3 is 5.97 Å². The molecule has 0 amide bonds. The Labute approximate surface area is 133 Å². The van der Waals surface area contributed by atoms with Gasteiger partial charge in [-0.3, -0.25) is 14.3 Å². The maximum Gasteiger partial charge on any atom is 0.310 e. The molecule has 0 radical (unpaired) electrons. The largest absolute Gasteiger partial charge is 0.457 e. The standard InChI is InChI=1S/C16H17ClN2O3/c1-10-14(11(2)19(3)18-10)8-16(21)22-9-15(20)12-4-6-13(17)7-5-12/h4-7H,8-9H2,1-3H3. The first-order valence-electron chi connectivity index (χ1n) is 6.82. The maximum absolute atomic E-state index is 11.9. The zero-order valence-corrected chi connectivity index (χ0v) is 13.5. The van der Waals surface area contributed by atoms with Crippen molar-refractivity contribution in [1.82, 2.24) is 9.78 Å². The van der Waals surface area contributed by atoms with Crippen molar-refractivity contribution in [3.8, 4) is 0 Å². The Bertz CT molecular complexity index is 705. The number of hydrogen-bond donors (Lipinski definition) is 0. The van der Waals surface area contributed by atoms with E-state index < -0.39 is 5.97 Å². The van der Waals surface area contributed by atoms with Gasteiger partial charge in [-0.25, -0.2) is 0 Å². The lowest BCUT2D eigenvalue weighted by Gasteiger charge is -2.05. The molecule has 0 bridgehead atoms. The Morgan fingerprint density at radius 3 is 2.41 bits per heavy atom. The van der Waals surface area contributed by atoms with E-state index in [4.69, 9.17) is 16.3 Å². The highest BCUT2D eigenvalue weighted by atomic mass is 35.5. The molecule has 0 saturated heterocycles. The molecular weight excluding hydrogens is 304 g/mol. The van der Waals surface area contributed by atoms with E-state index in [0.717, 1.165) is 17.0 Å². The zero-order chi connectivity index (χ0) is 16.3. The first kappa shape index (κ1) is 16.2. The van der Waals surface area contributed by atoms with Crippen molar-refractivity contribution in [1.29, 1.82) is 0 Å². The van der Waals surface area contributed by atoms with Crippen LogP contribution in [0.5, 0.6) is 0 Å². The molecule has 0 aliphatic rings. The number of hydrogen-bond acceptors (Lipinski definition) is 4. The predicted molar refractivity (Wildman–Crippen MR) is 83.1 cm³/mol. The second-order valence-electron chi connectivity index (χ2n) is 5.04. The van der Waals surface area contributed by atoms with Crippen molar-refractivity contribution < 1.29 is 14.3 Å². The Balaban J connectivity index is 1.92. The number of aromatic nitrogens is 2. The number of rotatable bonds is 5. The third-order valence-corrected chi connectivity index (χ3v) is 3.76. The van der Waals surface area contributed by atoms with E-state index in [1.807, 2.05) is 20.9 Å². The number of nitrogens with zero attached hydrogens (tertiary/aromatic N) is 2. The number of carbonyl (C=O) groups excluding carboxylic acids is 2. The third-order valence-electron chi connectivity index (χ3n) is 3.51. The molecule has 0 aliphatic carbocycles. The average molecular weight is 321 g/mol. The smallest absolute Gasteiger partial charge is 0.310 e. The maximum atomic E-state index is 11.9. The first-order valence-corrected chi connectivity index (χ1v) is 7.19. The second kappa shape index (κ2) is 6.75. The van der Waals surface area contributed by atoms with Gasteiger partial charge in [0, 0.05) is 28.9 Å². The summed E-state index contributed by atoms with van der Waals surface area (Å²) in [5.41, 5.74) is 3.01. The van der Waals surface area contributed by atoms with Crippen LogP contribution < -0.4 is 0 Å². The first-order chi connectivity index (χ1) is 10.4. The summed E-state index contributed by atoms with van der Waals surface area (Å²) >= 11 is 5.76. The summed E-state index contributed by atoms with van der Waals surface area (Å²) in [5, 5.41) is 4.80. The lowest BCUT2D eigenvalue weighted by molar-refractivity contribution is -0.141. The van der Waals surface area contributed by atoms with Gasteiger partial charge in [0.25, 0.3) is 0 Å². The van der Waals surface area contributed by atoms with Gasteiger partial charge in [0.2, 0.25) is 0 Å². The van der Waals surface area contributed by atoms with Crippen LogP contribution in [0.1, 0.15) is 27.3 Å². The zero-order valence-electron chi connectivity index (χ0n) is 12.7. The normalized spacial score (nSPS) is 10.5. The van der Waals surface area contributed by atoms with Crippen molar-refractivity contribution in [2.24, 2.45) is 7.05 Å². The van der Waals surface area contributed by atoms with Crippen LogP contribution in [0.25, 0.3) is 0 Å². The lowest BCUT2D eigenvalue weighted by Crippen LogP contribution is -2.16. The van der Waals surface area contributed by atoms with Gasteiger partial charge in [-0.1, -0.05) is 11.6 Å². The van der Waals surface area contributed by atoms with Crippen molar-refractivity contribution in [2.75, 3.05) is 6.61 Å². The number of esters is 1. The fourth-order valence-electron chi connectivity index (χ4n) is 2.13. The molecule has 6 heteroatoms. The molecule has 0 saturated carbocycles. The molecule has 2 rings (SSSR count). The Hall–Kier alpha value is -2.14. The van der Waals surface area contributed by atoms with Crippen LogP contribution >= 0.6 is 11.6 Å². The molecule has 1 heterocycles. The van der Waals surface area contributed by atoms with Crippen LogP contribution in [-0.4, -0.2) is 28.1 Å². The SMILES string of the molecule is Cc1nn(C)c(C)c1CC(=O)OCC(=O)c1ccc(Cl)cc1. The van der Waals surface area contributed by atoms with E-state index in [-0.39, 0.29) is 18.8 Å². The summed E-state index contributed by atoms with van der Waals surface area (Å²) in [7, 11) is 1.82. The molecule has 0 spiro atoms. The van der Waals surface area contributed by atoms with Crippen molar-refractivity contribution >= 4 is 23.4 Å². The number of ketones is 1. The Morgan fingerprint density at radius 2 is 1.86 bits per heavy atom. The molecule has 116 valence electrons. The summed E-state index contributed by atoms with van der Waals surface area (Å²) in [6, 6.07) is 6.46. The summed E-state index contributed by atoms with van der Waals surface area (Å²) in [6.45, 7) is 3.45. The molecule has 0 aliphatic heterocycles. The van der Waals surface area contributed by atoms with Gasteiger partial charge in [0.05, 0.1) is 12.1 Å². The number of aryl methyl sites for hydroxylation is 2. The van der Waals surface area contributed by atoms with Gasteiger partial charge in [0.1, 0.15) is 0 Å². The molecule has 0 atom stereocenters. The molecule has 22 heavy (non-hydrogen) atoms. The van der Waals surface area contributed by atoms with Crippen molar-refractivity contribution in [2.45, 2.75) is 20.3 Å². The van der Waals surface area contributed by atoms with Crippen LogP contribution in [0.4, 0.5) is 0 Å². The Kier molecular flexibility index (Phi) is 4.98. The van der Waals surface area contributed by atoms with Gasteiger partial charge < -0.3 is 4.74 Å². The van der Waals surface area contributed by atoms with Crippen LogP contribution in [0.3, 0.4) is 0 Å². The van der Waals surface area contributed by atoms with E-state index in [9.17, 15) is 9.59 Å². The Morgan fingerprint density at radius 1 is 1.23 bits per heavy atom. The minimum absolute atomic E-state index is 0.111. The van der Waals surface area contributed by atoms with E-state index in [1.165, 1.54) is 0 Å². The van der Waals surface area contributed by atoms with E-state index in [1.54, 1.807) is 28.9 Å². The molecular formula is C16H17ClN2O3. The molecule has 1 aromatic carbocycles. The van der Waals surface area contributed by atoms with Crippen LogP contribution in [0.2, 0.25) is 5.02 Å². The van der Waals surface area contributed by atoms with Gasteiger partial charge in [-0.15, -0.1) is 0 Å². The van der Waals surface area contributed by atoms with E-state index in [2.05, 4.69) is 5.10 Å². The van der Waals surface area contributed by atoms with Crippen molar-refractivity contribution in [3.05, 3.63) is 51.8 Å². The highest BCUT2D eigenvalue weighted by Gasteiger charge is 2.16. The van der Waals surface area contributed by atoms with Crippen LogP contribution in [-0.2, 0) is 23.0 Å². The van der Waals surface area contributed by atoms with Crippen LogP contribution in [0, 0.1) is 13.8 Å². The minimum atomic E-state index is -0.443. The number of halogens is 1. The average Bonchev–Trinajstić information content (AvgIpc) is 2.72. The lowest BCUT2D eigenvalue weighted by atomic mass is 10.1. The van der Waals surface area contributed by atoms with Gasteiger partial charge in [0.15, 0.2) is 12.4 Å². The van der Waals surface area contributed by atoms with Crippen LogP contribution in [0.15, 0.2) is 24.3 Å². The second-order valence-corrected chi connectivity index (χ2v) is 5.48. The summed E-state index contributed by atoms with van der Waals surface area (Å²) in [4.78, 5) is 23.8. The fraction of sp³-hybridized carbons (Fsp3) is 0.312. The summed E-state index contributed by atoms with van der Waals surface area (Å²) in [6.07, 6.45) is 0.111. The van der Waals surface area contributed by atoms with Crippen molar-refractivity contribution in [3.63, 3.8) is 0 Å². The minimum Gasteiger partial charge on any atom is -0.457 e. The number of ether oxygens (including phenoxy) is 1. The molecule has 0 N–H and O–H groups in total. The van der Waals surface area contributed by atoms with E-state index >= 15 is 0 Å². The molecule has 1 aromatic heterocycles. The molecule has 2 aromatic rings. The molecule has 5 nitrogen and oxygen atoms in total. The van der Waals surface area contributed by atoms with Gasteiger partial charge in [-0.2, -0.15) is 5.10 Å². The number of carbonyl (C=O) groups is 2.